The molecular weight excluding hydrogens is 178 g/mol. The van der Waals surface area contributed by atoms with Crippen molar-refractivity contribution in [3.05, 3.63) is 0 Å². The summed E-state index contributed by atoms with van der Waals surface area (Å²) in [6.45, 7) is 2.81. The Hall–Kier alpha value is 1.15. The van der Waals surface area contributed by atoms with Gasteiger partial charge >= 0.3 is 58.2 Å². The second-order valence-electron chi connectivity index (χ2n) is 1.58. The van der Waals surface area contributed by atoms with E-state index < -0.39 is 0 Å². The van der Waals surface area contributed by atoms with E-state index in [9.17, 15) is 9.59 Å². The second kappa shape index (κ2) is 6.27. The fourth-order valence-corrected chi connectivity index (χ4v) is 0.351. The van der Waals surface area contributed by atoms with Crippen molar-refractivity contribution in [2.45, 2.75) is 20.3 Å². The molecule has 0 aromatic carbocycles. The van der Waals surface area contributed by atoms with Crippen LogP contribution >= 0.6 is 0 Å². The van der Waals surface area contributed by atoms with Gasteiger partial charge in [0.2, 0.25) is 0 Å². The van der Waals surface area contributed by atoms with E-state index in [0.29, 0.717) is 0 Å². The average Bonchev–Trinajstić information content (AvgIpc) is 1.27. The molecule has 0 N–H and O–H groups in total. The molecule has 2 nitrogen and oxygen atoms in total. The Morgan fingerprint density at radius 2 is 1.50 bits per heavy atom. The minimum absolute atomic E-state index is 0. The SMILES string of the molecule is CC(=O)CC(C)=O.[H-].[Rb+]. The molecule has 0 spiro atoms. The zero-order valence-electron chi connectivity index (χ0n) is 6.52. The van der Waals surface area contributed by atoms with Crippen molar-refractivity contribution >= 4 is 11.6 Å². The number of carbonyl (C=O) groups excluding carboxylic acids is 2. The summed E-state index contributed by atoms with van der Waals surface area (Å²) in [5.41, 5.74) is 0. The summed E-state index contributed by atoms with van der Waals surface area (Å²) in [5, 5.41) is 0. The first-order valence-electron chi connectivity index (χ1n) is 2.12. The van der Waals surface area contributed by atoms with E-state index in [-0.39, 0.29) is 77.6 Å². The third-order valence-electron chi connectivity index (χ3n) is 0.498. The molecule has 0 radical (unpaired) electrons. The summed E-state index contributed by atoms with van der Waals surface area (Å²) in [7, 11) is 0. The van der Waals surface area contributed by atoms with Crippen LogP contribution in [0.3, 0.4) is 0 Å². The van der Waals surface area contributed by atoms with E-state index in [2.05, 4.69) is 0 Å². The van der Waals surface area contributed by atoms with E-state index in [4.69, 9.17) is 0 Å². The van der Waals surface area contributed by atoms with Crippen molar-refractivity contribution in [2.75, 3.05) is 0 Å². The largest absolute Gasteiger partial charge is 1.00 e. The number of hydrogen-bond donors (Lipinski definition) is 0. The molecule has 0 atom stereocenters. The standard InChI is InChI=1S/C5H8O2.Rb.H/c1-4(6)3-5(2)7;;/h3H2,1-2H3;;/q;+1;-1. The topological polar surface area (TPSA) is 34.1 Å². The van der Waals surface area contributed by atoms with Crippen LogP contribution in [-0.2, 0) is 9.59 Å². The Morgan fingerprint density at radius 3 is 1.50 bits per heavy atom. The van der Waals surface area contributed by atoms with Crippen molar-refractivity contribution in [1.82, 2.24) is 0 Å². The minimum atomic E-state index is -0.0625. The predicted octanol–water partition coefficient (Wildman–Crippen LogP) is -2.33. The first-order valence-corrected chi connectivity index (χ1v) is 2.12. The molecule has 3 heteroatoms. The van der Waals surface area contributed by atoms with Gasteiger partial charge in [0.05, 0.1) is 6.42 Å². The van der Waals surface area contributed by atoms with Crippen LogP contribution in [0.25, 0.3) is 0 Å². The number of carbonyl (C=O) groups is 2. The zero-order chi connectivity index (χ0) is 5.86. The maximum absolute atomic E-state index is 10.0. The van der Waals surface area contributed by atoms with Crippen molar-refractivity contribution in [2.24, 2.45) is 0 Å². The molecule has 0 aliphatic carbocycles. The van der Waals surface area contributed by atoms with Gasteiger partial charge in [0.15, 0.2) is 0 Å². The van der Waals surface area contributed by atoms with E-state index in [1.807, 2.05) is 0 Å². The fraction of sp³-hybridized carbons (Fsp3) is 0.600. The average molecular weight is 187 g/mol. The molecule has 0 aromatic rings. The van der Waals surface area contributed by atoms with Gasteiger partial charge in [-0.3, -0.25) is 9.59 Å². The van der Waals surface area contributed by atoms with Crippen LogP contribution in [-0.4, -0.2) is 11.6 Å². The van der Waals surface area contributed by atoms with Crippen LogP contribution in [0.1, 0.15) is 21.7 Å². The summed E-state index contributed by atoms with van der Waals surface area (Å²) in [5.74, 6) is -0.125. The van der Waals surface area contributed by atoms with Gasteiger partial charge in [0, 0.05) is 0 Å². The first-order chi connectivity index (χ1) is 3.13. The maximum atomic E-state index is 10.0. The zero-order valence-corrected chi connectivity index (χ0v) is 10.4. The molecule has 0 rings (SSSR count). The predicted molar refractivity (Wildman–Crippen MR) is 27.1 cm³/mol. The van der Waals surface area contributed by atoms with Crippen LogP contribution < -0.4 is 58.2 Å². The molecule has 0 unspecified atom stereocenters. The summed E-state index contributed by atoms with van der Waals surface area (Å²) in [6.07, 6.45) is 0.0833. The van der Waals surface area contributed by atoms with Gasteiger partial charge in [-0.2, -0.15) is 0 Å². The summed E-state index contributed by atoms with van der Waals surface area (Å²) < 4.78 is 0. The van der Waals surface area contributed by atoms with Gasteiger partial charge in [0.1, 0.15) is 11.6 Å². The Balaban J connectivity index is -0.000000180. The monoisotopic (exact) mass is 186 g/mol. The molecule has 8 heavy (non-hydrogen) atoms. The molecule has 0 aliphatic rings. The second-order valence-corrected chi connectivity index (χ2v) is 1.58. The number of hydrogen-bond acceptors (Lipinski definition) is 2. The summed E-state index contributed by atoms with van der Waals surface area (Å²) in [4.78, 5) is 20.1. The van der Waals surface area contributed by atoms with Crippen molar-refractivity contribution in [3.8, 4) is 0 Å². The van der Waals surface area contributed by atoms with Gasteiger partial charge in [-0.05, 0) is 13.8 Å². The molecule has 0 heterocycles. The van der Waals surface area contributed by atoms with Crippen LogP contribution in [0.5, 0.6) is 0 Å². The molecule has 42 valence electrons. The molecule has 0 amide bonds. The maximum Gasteiger partial charge on any atom is 1.00 e. The van der Waals surface area contributed by atoms with Gasteiger partial charge in [-0.25, -0.2) is 0 Å². The third kappa shape index (κ3) is 10.2. The molecule has 0 aromatic heterocycles. The normalized spacial score (nSPS) is 7.25. The molecule has 0 saturated heterocycles. The summed E-state index contributed by atoms with van der Waals surface area (Å²) in [6, 6.07) is 0. The van der Waals surface area contributed by atoms with E-state index in [1.54, 1.807) is 0 Å². The minimum Gasteiger partial charge on any atom is -1.00 e. The first kappa shape index (κ1) is 11.9. The molecular formula is C5H9O2Rb. The molecule has 0 aliphatic heterocycles. The number of rotatable bonds is 2. The Labute approximate surface area is 99.3 Å². The van der Waals surface area contributed by atoms with Gasteiger partial charge in [0.25, 0.3) is 0 Å². The molecule has 0 fully saturated rings. The van der Waals surface area contributed by atoms with E-state index >= 15 is 0 Å². The van der Waals surface area contributed by atoms with Crippen LogP contribution in [0.2, 0.25) is 0 Å². The number of ketones is 2. The smallest absolute Gasteiger partial charge is 1.00 e. The molecule has 0 bridgehead atoms. The Morgan fingerprint density at radius 1 is 1.25 bits per heavy atom. The third-order valence-corrected chi connectivity index (χ3v) is 0.498. The summed E-state index contributed by atoms with van der Waals surface area (Å²) >= 11 is 0. The van der Waals surface area contributed by atoms with E-state index in [1.165, 1.54) is 13.8 Å². The van der Waals surface area contributed by atoms with Crippen molar-refractivity contribution in [1.29, 1.82) is 0 Å². The van der Waals surface area contributed by atoms with Crippen LogP contribution in [0.4, 0.5) is 0 Å². The van der Waals surface area contributed by atoms with Gasteiger partial charge in [-0.1, -0.05) is 0 Å². The fourth-order valence-electron chi connectivity index (χ4n) is 0.351. The Kier molecular flexibility index (Phi) is 9.31. The van der Waals surface area contributed by atoms with Crippen LogP contribution in [0.15, 0.2) is 0 Å². The van der Waals surface area contributed by atoms with Crippen molar-refractivity contribution < 1.29 is 69.2 Å². The van der Waals surface area contributed by atoms with E-state index in [0.717, 1.165) is 0 Å². The Bertz CT molecular complexity index is 91.1. The van der Waals surface area contributed by atoms with Crippen LogP contribution in [0, 0.1) is 0 Å². The quantitative estimate of drug-likeness (QED) is 0.454. The van der Waals surface area contributed by atoms with Crippen molar-refractivity contribution in [3.63, 3.8) is 0 Å². The number of Topliss-reactive ketones (excluding diaryl/α,β-unsaturated/α-hetero) is 2. The molecule has 0 saturated carbocycles. The van der Waals surface area contributed by atoms with Gasteiger partial charge < -0.3 is 1.43 Å². The van der Waals surface area contributed by atoms with Gasteiger partial charge in [-0.15, -0.1) is 0 Å².